The Balaban J connectivity index is 2.21. The molecule has 0 saturated carbocycles. The van der Waals surface area contributed by atoms with Gasteiger partial charge in [0.25, 0.3) is 0 Å². The van der Waals surface area contributed by atoms with Gasteiger partial charge in [-0.2, -0.15) is 0 Å². The SMILES string of the molecule is CCOc1cccc(C2(O)COC2)c1. The highest BCUT2D eigenvalue weighted by atomic mass is 16.5. The first-order valence-corrected chi connectivity index (χ1v) is 4.78. The Kier molecular flexibility index (Phi) is 2.44. The van der Waals surface area contributed by atoms with E-state index in [2.05, 4.69) is 0 Å². The molecule has 0 unspecified atom stereocenters. The number of rotatable bonds is 3. The van der Waals surface area contributed by atoms with Crippen molar-refractivity contribution in [3.63, 3.8) is 0 Å². The van der Waals surface area contributed by atoms with Gasteiger partial charge >= 0.3 is 0 Å². The van der Waals surface area contributed by atoms with Crippen LogP contribution in [-0.2, 0) is 10.3 Å². The van der Waals surface area contributed by atoms with Crippen molar-refractivity contribution in [1.29, 1.82) is 0 Å². The zero-order valence-electron chi connectivity index (χ0n) is 8.19. The molecule has 1 N–H and O–H groups in total. The smallest absolute Gasteiger partial charge is 0.136 e. The van der Waals surface area contributed by atoms with Crippen LogP contribution in [0.3, 0.4) is 0 Å². The van der Waals surface area contributed by atoms with E-state index in [0.717, 1.165) is 11.3 Å². The third kappa shape index (κ3) is 1.61. The minimum Gasteiger partial charge on any atom is -0.494 e. The Morgan fingerprint density at radius 1 is 1.50 bits per heavy atom. The largest absolute Gasteiger partial charge is 0.494 e. The molecular weight excluding hydrogens is 180 g/mol. The van der Waals surface area contributed by atoms with Gasteiger partial charge in [0, 0.05) is 0 Å². The van der Waals surface area contributed by atoms with Gasteiger partial charge in [-0.25, -0.2) is 0 Å². The summed E-state index contributed by atoms with van der Waals surface area (Å²) in [5, 5.41) is 9.99. The van der Waals surface area contributed by atoms with Crippen LogP contribution in [0.15, 0.2) is 24.3 Å². The summed E-state index contributed by atoms with van der Waals surface area (Å²) in [5.41, 5.74) is 0.0716. The van der Waals surface area contributed by atoms with Gasteiger partial charge in [-0.15, -0.1) is 0 Å². The molecule has 0 aromatic heterocycles. The molecule has 1 fully saturated rings. The van der Waals surface area contributed by atoms with Crippen molar-refractivity contribution in [2.45, 2.75) is 12.5 Å². The summed E-state index contributed by atoms with van der Waals surface area (Å²) in [5.74, 6) is 0.797. The van der Waals surface area contributed by atoms with E-state index in [-0.39, 0.29) is 0 Å². The maximum Gasteiger partial charge on any atom is 0.136 e. The second-order valence-electron chi connectivity index (χ2n) is 3.49. The van der Waals surface area contributed by atoms with Crippen molar-refractivity contribution in [2.75, 3.05) is 19.8 Å². The van der Waals surface area contributed by atoms with Crippen LogP contribution in [0.25, 0.3) is 0 Å². The minimum atomic E-state index is -0.799. The third-order valence-corrected chi connectivity index (χ3v) is 2.36. The average Bonchev–Trinajstić information content (AvgIpc) is 2.15. The zero-order valence-corrected chi connectivity index (χ0v) is 8.19. The molecule has 0 radical (unpaired) electrons. The van der Waals surface area contributed by atoms with Crippen LogP contribution in [0.5, 0.6) is 5.75 Å². The molecule has 76 valence electrons. The highest BCUT2D eigenvalue weighted by Crippen LogP contribution is 2.31. The van der Waals surface area contributed by atoms with Crippen molar-refractivity contribution in [1.82, 2.24) is 0 Å². The summed E-state index contributed by atoms with van der Waals surface area (Å²) in [6.45, 7) is 3.33. The van der Waals surface area contributed by atoms with Gasteiger partial charge in [-0.05, 0) is 24.6 Å². The quantitative estimate of drug-likeness (QED) is 0.788. The number of ether oxygens (including phenoxy) is 2. The van der Waals surface area contributed by atoms with Gasteiger partial charge < -0.3 is 14.6 Å². The van der Waals surface area contributed by atoms with Gasteiger partial charge in [0.15, 0.2) is 0 Å². The van der Waals surface area contributed by atoms with Crippen LogP contribution in [-0.4, -0.2) is 24.9 Å². The maximum atomic E-state index is 9.99. The molecule has 1 aliphatic rings. The summed E-state index contributed by atoms with van der Waals surface area (Å²) in [4.78, 5) is 0. The summed E-state index contributed by atoms with van der Waals surface area (Å²) in [6, 6.07) is 7.53. The van der Waals surface area contributed by atoms with Crippen LogP contribution in [0, 0.1) is 0 Å². The Bertz CT molecular complexity index is 318. The van der Waals surface area contributed by atoms with Crippen LogP contribution in [0.1, 0.15) is 12.5 Å². The second kappa shape index (κ2) is 3.59. The topological polar surface area (TPSA) is 38.7 Å². The van der Waals surface area contributed by atoms with Crippen molar-refractivity contribution in [2.24, 2.45) is 0 Å². The fraction of sp³-hybridized carbons (Fsp3) is 0.455. The molecule has 3 heteroatoms. The van der Waals surface area contributed by atoms with Crippen molar-refractivity contribution in [3.05, 3.63) is 29.8 Å². The lowest BCUT2D eigenvalue weighted by molar-refractivity contribution is -0.184. The van der Waals surface area contributed by atoms with E-state index >= 15 is 0 Å². The number of hydrogen-bond donors (Lipinski definition) is 1. The second-order valence-corrected chi connectivity index (χ2v) is 3.49. The van der Waals surface area contributed by atoms with Crippen LogP contribution >= 0.6 is 0 Å². The molecule has 0 bridgehead atoms. The summed E-state index contributed by atoms with van der Waals surface area (Å²) >= 11 is 0. The first-order valence-electron chi connectivity index (χ1n) is 4.78. The van der Waals surface area contributed by atoms with E-state index in [4.69, 9.17) is 9.47 Å². The van der Waals surface area contributed by atoms with Crippen LogP contribution in [0.4, 0.5) is 0 Å². The monoisotopic (exact) mass is 194 g/mol. The van der Waals surface area contributed by atoms with Gasteiger partial charge in [0.1, 0.15) is 11.4 Å². The van der Waals surface area contributed by atoms with E-state index < -0.39 is 5.60 Å². The molecule has 1 aromatic carbocycles. The van der Waals surface area contributed by atoms with Gasteiger partial charge in [-0.3, -0.25) is 0 Å². The average molecular weight is 194 g/mol. The highest BCUT2D eigenvalue weighted by Gasteiger charge is 2.38. The molecule has 2 rings (SSSR count). The molecule has 1 aromatic rings. The molecular formula is C11H14O3. The molecule has 3 nitrogen and oxygen atoms in total. The Morgan fingerprint density at radius 2 is 2.29 bits per heavy atom. The van der Waals surface area contributed by atoms with E-state index in [0.29, 0.717) is 19.8 Å². The molecule has 1 aliphatic heterocycles. The molecule has 0 spiro atoms. The molecule has 0 atom stereocenters. The van der Waals surface area contributed by atoms with Crippen LogP contribution in [0.2, 0.25) is 0 Å². The molecule has 1 saturated heterocycles. The van der Waals surface area contributed by atoms with E-state index in [1.165, 1.54) is 0 Å². The first-order chi connectivity index (χ1) is 6.74. The Hall–Kier alpha value is -1.06. The predicted molar refractivity (Wildman–Crippen MR) is 52.3 cm³/mol. The summed E-state index contributed by atoms with van der Waals surface area (Å²) in [7, 11) is 0. The van der Waals surface area contributed by atoms with E-state index in [9.17, 15) is 5.11 Å². The molecule has 0 aliphatic carbocycles. The highest BCUT2D eigenvalue weighted by molar-refractivity contribution is 5.33. The molecule has 0 amide bonds. The van der Waals surface area contributed by atoms with Gasteiger partial charge in [0.2, 0.25) is 0 Å². The number of benzene rings is 1. The predicted octanol–water partition coefficient (Wildman–Crippen LogP) is 1.30. The first kappa shape index (κ1) is 9.49. The zero-order chi connectivity index (χ0) is 10.0. The Morgan fingerprint density at radius 3 is 2.86 bits per heavy atom. The molecule has 14 heavy (non-hydrogen) atoms. The van der Waals surface area contributed by atoms with Crippen LogP contribution < -0.4 is 4.74 Å². The van der Waals surface area contributed by atoms with E-state index in [1.807, 2.05) is 31.2 Å². The fourth-order valence-electron chi connectivity index (χ4n) is 1.50. The summed E-state index contributed by atoms with van der Waals surface area (Å²) in [6.07, 6.45) is 0. The summed E-state index contributed by atoms with van der Waals surface area (Å²) < 4.78 is 10.4. The van der Waals surface area contributed by atoms with Crippen molar-refractivity contribution >= 4 is 0 Å². The third-order valence-electron chi connectivity index (χ3n) is 2.36. The Labute approximate surface area is 83.3 Å². The standard InChI is InChI=1S/C11H14O3/c1-2-14-10-5-3-4-9(6-10)11(12)7-13-8-11/h3-6,12H,2,7-8H2,1H3. The van der Waals surface area contributed by atoms with Crippen molar-refractivity contribution in [3.8, 4) is 5.75 Å². The molecule has 1 heterocycles. The maximum absolute atomic E-state index is 9.99. The van der Waals surface area contributed by atoms with Gasteiger partial charge in [0.05, 0.1) is 19.8 Å². The number of hydrogen-bond acceptors (Lipinski definition) is 3. The lowest BCUT2D eigenvalue weighted by Crippen LogP contribution is -2.46. The fourth-order valence-corrected chi connectivity index (χ4v) is 1.50. The minimum absolute atomic E-state index is 0.378. The van der Waals surface area contributed by atoms with E-state index in [1.54, 1.807) is 0 Å². The lowest BCUT2D eigenvalue weighted by atomic mass is 9.92. The number of aliphatic hydroxyl groups is 1. The normalized spacial score (nSPS) is 18.7. The van der Waals surface area contributed by atoms with Crippen molar-refractivity contribution < 1.29 is 14.6 Å². The van der Waals surface area contributed by atoms with Gasteiger partial charge in [-0.1, -0.05) is 12.1 Å². The lowest BCUT2D eigenvalue weighted by Gasteiger charge is -2.36.